The molecule has 3 nitrogen and oxygen atoms in total. The molecule has 0 aliphatic heterocycles. The molecule has 0 saturated carbocycles. The number of anilines is 1. The third-order valence-corrected chi connectivity index (χ3v) is 2.83. The Balaban J connectivity index is 2.07. The molecule has 2 aromatic heterocycles. The summed E-state index contributed by atoms with van der Waals surface area (Å²) in [6.45, 7) is 0.505. The normalized spacial score (nSPS) is 10.4. The molecule has 6 heteroatoms. The van der Waals surface area contributed by atoms with Crippen molar-refractivity contribution in [3.05, 3.63) is 45.0 Å². The second kappa shape index (κ2) is 5.08. The molecule has 0 radical (unpaired) electrons. The van der Waals surface area contributed by atoms with Crippen LogP contribution in [0.25, 0.3) is 0 Å². The molecule has 0 aliphatic carbocycles. The highest BCUT2D eigenvalue weighted by molar-refractivity contribution is 9.10. The van der Waals surface area contributed by atoms with Crippen LogP contribution in [0, 0.1) is 0 Å². The van der Waals surface area contributed by atoms with Gasteiger partial charge in [-0.3, -0.25) is 0 Å². The highest BCUT2D eigenvalue weighted by Crippen LogP contribution is 2.24. The van der Waals surface area contributed by atoms with E-state index in [9.17, 15) is 0 Å². The standard InChI is InChI=1S/C10H7BrCl2N2O/c11-6-3-8(10(13)15-4-6)14-5-7-1-2-9(12)16-7/h1-4,14H,5H2. The highest BCUT2D eigenvalue weighted by atomic mass is 79.9. The van der Waals surface area contributed by atoms with Gasteiger partial charge < -0.3 is 9.73 Å². The van der Waals surface area contributed by atoms with Crippen molar-refractivity contribution in [3.8, 4) is 0 Å². The first-order valence-corrected chi connectivity index (χ1v) is 5.99. The number of furan rings is 1. The Hall–Kier alpha value is -0.710. The molecule has 2 heterocycles. The van der Waals surface area contributed by atoms with Gasteiger partial charge in [0.2, 0.25) is 0 Å². The van der Waals surface area contributed by atoms with E-state index in [4.69, 9.17) is 27.6 Å². The van der Waals surface area contributed by atoms with Crippen LogP contribution in [0.1, 0.15) is 5.76 Å². The summed E-state index contributed by atoms with van der Waals surface area (Å²) >= 11 is 14.9. The van der Waals surface area contributed by atoms with E-state index in [2.05, 4.69) is 26.2 Å². The van der Waals surface area contributed by atoms with Gasteiger partial charge >= 0.3 is 0 Å². The monoisotopic (exact) mass is 320 g/mol. The maximum atomic E-state index is 5.92. The SMILES string of the molecule is Clc1ccc(CNc2cc(Br)cnc2Cl)o1. The summed E-state index contributed by atoms with van der Waals surface area (Å²) in [5.41, 5.74) is 0.739. The lowest BCUT2D eigenvalue weighted by Crippen LogP contribution is -1.99. The van der Waals surface area contributed by atoms with Crippen molar-refractivity contribution in [2.75, 3.05) is 5.32 Å². The van der Waals surface area contributed by atoms with Gasteiger partial charge in [0.1, 0.15) is 5.76 Å². The van der Waals surface area contributed by atoms with Crippen LogP contribution in [0.2, 0.25) is 10.4 Å². The highest BCUT2D eigenvalue weighted by Gasteiger charge is 2.04. The molecule has 0 aromatic carbocycles. The fourth-order valence-corrected chi connectivity index (χ4v) is 1.84. The molecular formula is C10H7BrCl2N2O. The lowest BCUT2D eigenvalue weighted by molar-refractivity contribution is 0.520. The van der Waals surface area contributed by atoms with Crippen LogP contribution in [0.15, 0.2) is 33.3 Å². The van der Waals surface area contributed by atoms with Gasteiger partial charge in [-0.2, -0.15) is 0 Å². The third kappa shape index (κ3) is 2.90. The summed E-state index contributed by atoms with van der Waals surface area (Å²) in [4.78, 5) is 4.00. The Kier molecular flexibility index (Phi) is 3.74. The minimum absolute atomic E-state index is 0.371. The predicted octanol–water partition coefficient (Wildman–Crippen LogP) is 4.36. The van der Waals surface area contributed by atoms with Gasteiger partial charge in [0.25, 0.3) is 0 Å². The molecule has 0 aliphatic rings. The summed E-state index contributed by atoms with van der Waals surface area (Å²) in [6.07, 6.45) is 1.64. The van der Waals surface area contributed by atoms with E-state index in [1.807, 2.05) is 6.07 Å². The molecule has 2 rings (SSSR count). The smallest absolute Gasteiger partial charge is 0.193 e. The number of halogens is 3. The Labute approximate surface area is 111 Å². The van der Waals surface area contributed by atoms with Crippen molar-refractivity contribution in [2.45, 2.75) is 6.54 Å². The zero-order valence-corrected chi connectivity index (χ0v) is 11.1. The topological polar surface area (TPSA) is 38.1 Å². The summed E-state index contributed by atoms with van der Waals surface area (Å²) < 4.78 is 6.06. The van der Waals surface area contributed by atoms with Crippen LogP contribution in [-0.4, -0.2) is 4.98 Å². The van der Waals surface area contributed by atoms with Gasteiger partial charge in [0.15, 0.2) is 10.4 Å². The fraction of sp³-hybridized carbons (Fsp3) is 0.100. The van der Waals surface area contributed by atoms with E-state index in [0.717, 1.165) is 15.9 Å². The lowest BCUT2D eigenvalue weighted by atomic mass is 10.4. The quantitative estimate of drug-likeness (QED) is 0.854. The molecular weight excluding hydrogens is 315 g/mol. The van der Waals surface area contributed by atoms with Gasteiger partial charge in [-0.1, -0.05) is 11.6 Å². The van der Waals surface area contributed by atoms with E-state index < -0.39 is 0 Å². The third-order valence-electron chi connectivity index (χ3n) is 1.89. The van der Waals surface area contributed by atoms with Gasteiger partial charge in [-0.15, -0.1) is 0 Å². The number of pyridine rings is 1. The van der Waals surface area contributed by atoms with Crippen LogP contribution in [0.3, 0.4) is 0 Å². The average molecular weight is 322 g/mol. The summed E-state index contributed by atoms with van der Waals surface area (Å²) in [7, 11) is 0. The Morgan fingerprint density at radius 3 is 2.88 bits per heavy atom. The molecule has 0 unspecified atom stereocenters. The molecule has 0 fully saturated rings. The predicted molar refractivity (Wildman–Crippen MR) is 68.0 cm³/mol. The first kappa shape index (κ1) is 11.8. The number of aromatic nitrogens is 1. The Morgan fingerprint density at radius 2 is 2.19 bits per heavy atom. The van der Waals surface area contributed by atoms with Crippen molar-refractivity contribution in [1.82, 2.24) is 4.98 Å². The molecule has 2 aromatic rings. The van der Waals surface area contributed by atoms with E-state index >= 15 is 0 Å². The molecule has 0 atom stereocenters. The number of hydrogen-bond donors (Lipinski definition) is 1. The van der Waals surface area contributed by atoms with Crippen molar-refractivity contribution >= 4 is 44.8 Å². The second-order valence-electron chi connectivity index (χ2n) is 3.05. The van der Waals surface area contributed by atoms with E-state index in [-0.39, 0.29) is 0 Å². The summed E-state index contributed by atoms with van der Waals surface area (Å²) in [5.74, 6) is 0.737. The molecule has 0 spiro atoms. The van der Waals surface area contributed by atoms with Crippen LogP contribution in [0.5, 0.6) is 0 Å². The molecule has 0 bridgehead atoms. The van der Waals surface area contributed by atoms with E-state index in [1.165, 1.54) is 0 Å². The van der Waals surface area contributed by atoms with Gasteiger partial charge in [0, 0.05) is 10.7 Å². The van der Waals surface area contributed by atoms with Crippen LogP contribution in [0.4, 0.5) is 5.69 Å². The maximum Gasteiger partial charge on any atom is 0.193 e. The molecule has 16 heavy (non-hydrogen) atoms. The zero-order valence-electron chi connectivity index (χ0n) is 8.01. The Morgan fingerprint density at radius 1 is 1.38 bits per heavy atom. The minimum Gasteiger partial charge on any atom is -0.448 e. The van der Waals surface area contributed by atoms with Crippen molar-refractivity contribution in [3.63, 3.8) is 0 Å². The number of nitrogens with zero attached hydrogens (tertiary/aromatic N) is 1. The van der Waals surface area contributed by atoms with Crippen LogP contribution >= 0.6 is 39.1 Å². The second-order valence-corrected chi connectivity index (χ2v) is 4.70. The number of hydrogen-bond acceptors (Lipinski definition) is 3. The first-order chi connectivity index (χ1) is 7.65. The molecule has 0 saturated heterocycles. The van der Waals surface area contributed by atoms with Crippen molar-refractivity contribution in [2.24, 2.45) is 0 Å². The van der Waals surface area contributed by atoms with E-state index in [0.29, 0.717) is 16.9 Å². The first-order valence-electron chi connectivity index (χ1n) is 4.44. The van der Waals surface area contributed by atoms with Gasteiger partial charge in [0.05, 0.1) is 12.2 Å². The average Bonchev–Trinajstić information content (AvgIpc) is 2.66. The van der Waals surface area contributed by atoms with Crippen molar-refractivity contribution < 1.29 is 4.42 Å². The van der Waals surface area contributed by atoms with Gasteiger partial charge in [-0.25, -0.2) is 4.98 Å². The largest absolute Gasteiger partial charge is 0.448 e. The van der Waals surface area contributed by atoms with E-state index in [1.54, 1.807) is 18.3 Å². The summed E-state index contributed by atoms with van der Waals surface area (Å²) in [6, 6.07) is 5.34. The number of rotatable bonds is 3. The van der Waals surface area contributed by atoms with Crippen LogP contribution in [-0.2, 0) is 6.54 Å². The van der Waals surface area contributed by atoms with Crippen molar-refractivity contribution in [1.29, 1.82) is 0 Å². The molecule has 1 N–H and O–H groups in total. The van der Waals surface area contributed by atoms with Crippen LogP contribution < -0.4 is 5.32 Å². The minimum atomic E-state index is 0.371. The maximum absolute atomic E-state index is 5.92. The fourth-order valence-electron chi connectivity index (χ4n) is 1.18. The lowest BCUT2D eigenvalue weighted by Gasteiger charge is -2.06. The molecule has 84 valence electrons. The zero-order chi connectivity index (χ0) is 11.5. The van der Waals surface area contributed by atoms with Gasteiger partial charge in [-0.05, 0) is 45.7 Å². The Bertz CT molecular complexity index is 501. The molecule has 0 amide bonds. The number of nitrogens with one attached hydrogen (secondary N) is 1. The summed E-state index contributed by atoms with van der Waals surface area (Å²) in [5, 5.41) is 3.89.